The molecule has 1 aliphatic carbocycles. The van der Waals surface area contributed by atoms with Crippen LogP contribution in [0.5, 0.6) is 5.75 Å². The van der Waals surface area contributed by atoms with Crippen LogP contribution in [-0.2, 0) is 10.9 Å². The summed E-state index contributed by atoms with van der Waals surface area (Å²) >= 11 is 0. The molecule has 1 aromatic carbocycles. The van der Waals surface area contributed by atoms with Crippen molar-refractivity contribution in [2.24, 2.45) is 5.73 Å². The van der Waals surface area contributed by atoms with Gasteiger partial charge in [0.1, 0.15) is 23.3 Å². The lowest BCUT2D eigenvalue weighted by atomic mass is 9.79. The van der Waals surface area contributed by atoms with Crippen LogP contribution in [0.25, 0.3) is 0 Å². The highest BCUT2D eigenvalue weighted by atomic mass is 19.4. The number of nitrogens with two attached hydrogens (primary N) is 1. The summed E-state index contributed by atoms with van der Waals surface area (Å²) in [7, 11) is 0. The van der Waals surface area contributed by atoms with Crippen LogP contribution in [0, 0.1) is 5.82 Å². The molecule has 0 aliphatic heterocycles. The molecule has 0 spiro atoms. The SMILES string of the molecule is CC1(OC(N)=O)CC(Oc2ccc(F)c(C(F)(F)F)c2)C1. The standard InChI is InChI=1S/C13H13F4NO3/c1-12(21-11(18)19)5-8(6-12)20-7-2-3-10(14)9(4-7)13(15,16)17/h2-4,8H,5-6H2,1H3,(H2,18,19). The van der Waals surface area contributed by atoms with E-state index < -0.39 is 35.4 Å². The molecule has 0 aromatic heterocycles. The lowest BCUT2D eigenvalue weighted by Crippen LogP contribution is -2.51. The fourth-order valence-electron chi connectivity index (χ4n) is 2.30. The summed E-state index contributed by atoms with van der Waals surface area (Å²) in [5.41, 5.74) is 2.75. The Hall–Kier alpha value is -1.99. The molecule has 1 saturated carbocycles. The summed E-state index contributed by atoms with van der Waals surface area (Å²) in [6, 6.07) is 2.44. The van der Waals surface area contributed by atoms with Crippen molar-refractivity contribution in [3.63, 3.8) is 0 Å². The van der Waals surface area contributed by atoms with Gasteiger partial charge < -0.3 is 15.2 Å². The maximum Gasteiger partial charge on any atom is 0.419 e. The van der Waals surface area contributed by atoms with Crippen LogP contribution in [0.3, 0.4) is 0 Å². The Morgan fingerprint density at radius 1 is 1.38 bits per heavy atom. The molecule has 2 rings (SSSR count). The highest BCUT2D eigenvalue weighted by Gasteiger charge is 2.45. The van der Waals surface area contributed by atoms with Gasteiger partial charge in [-0.2, -0.15) is 13.2 Å². The van der Waals surface area contributed by atoms with Crippen LogP contribution in [0.2, 0.25) is 0 Å². The van der Waals surface area contributed by atoms with Crippen LogP contribution >= 0.6 is 0 Å². The zero-order chi connectivity index (χ0) is 15.8. The van der Waals surface area contributed by atoms with Crippen LogP contribution in [-0.4, -0.2) is 17.8 Å². The van der Waals surface area contributed by atoms with E-state index in [0.29, 0.717) is 25.0 Å². The first-order chi connectivity index (χ1) is 9.59. The number of rotatable bonds is 3. The van der Waals surface area contributed by atoms with E-state index in [1.54, 1.807) is 6.92 Å². The zero-order valence-corrected chi connectivity index (χ0v) is 11.0. The van der Waals surface area contributed by atoms with Crippen LogP contribution in [0.4, 0.5) is 22.4 Å². The van der Waals surface area contributed by atoms with Gasteiger partial charge in [0.15, 0.2) is 0 Å². The van der Waals surface area contributed by atoms with Crippen molar-refractivity contribution in [3.8, 4) is 5.75 Å². The molecule has 2 N–H and O–H groups in total. The molecule has 8 heteroatoms. The fourth-order valence-corrected chi connectivity index (χ4v) is 2.30. The second kappa shape index (κ2) is 5.09. The second-order valence-electron chi connectivity index (χ2n) is 5.16. The Morgan fingerprint density at radius 2 is 2.00 bits per heavy atom. The third-order valence-electron chi connectivity index (χ3n) is 3.21. The Bertz CT molecular complexity index is 553. The predicted molar refractivity (Wildman–Crippen MR) is 64.1 cm³/mol. The van der Waals surface area contributed by atoms with Crippen molar-refractivity contribution < 1.29 is 31.8 Å². The highest BCUT2D eigenvalue weighted by molar-refractivity contribution is 5.65. The van der Waals surface area contributed by atoms with E-state index in [-0.39, 0.29) is 5.75 Å². The van der Waals surface area contributed by atoms with Gasteiger partial charge in [-0.25, -0.2) is 9.18 Å². The molecule has 1 fully saturated rings. The lowest BCUT2D eigenvalue weighted by Gasteiger charge is -2.43. The van der Waals surface area contributed by atoms with E-state index in [0.717, 1.165) is 6.07 Å². The maximum atomic E-state index is 13.1. The minimum Gasteiger partial charge on any atom is -0.490 e. The maximum absolute atomic E-state index is 13.1. The largest absolute Gasteiger partial charge is 0.490 e. The average molecular weight is 307 g/mol. The van der Waals surface area contributed by atoms with Crippen molar-refractivity contribution in [3.05, 3.63) is 29.6 Å². The molecule has 0 radical (unpaired) electrons. The van der Waals surface area contributed by atoms with E-state index in [1.165, 1.54) is 0 Å². The number of ether oxygens (including phenoxy) is 2. The van der Waals surface area contributed by atoms with Gasteiger partial charge in [0.05, 0.1) is 5.56 Å². The molecule has 0 atom stereocenters. The summed E-state index contributed by atoms with van der Waals surface area (Å²) < 4.78 is 61.0. The number of hydrogen-bond donors (Lipinski definition) is 1. The Balaban J connectivity index is 2.01. The molecule has 0 saturated heterocycles. The molecule has 0 unspecified atom stereocenters. The molecule has 21 heavy (non-hydrogen) atoms. The summed E-state index contributed by atoms with van der Waals surface area (Å²) in [6.07, 6.45) is -5.52. The smallest absolute Gasteiger partial charge is 0.419 e. The topological polar surface area (TPSA) is 61.5 Å². The molecular weight excluding hydrogens is 294 g/mol. The second-order valence-corrected chi connectivity index (χ2v) is 5.16. The van der Waals surface area contributed by atoms with Gasteiger partial charge in [0.2, 0.25) is 0 Å². The van der Waals surface area contributed by atoms with Gasteiger partial charge >= 0.3 is 12.3 Å². The average Bonchev–Trinajstić information content (AvgIpc) is 2.27. The van der Waals surface area contributed by atoms with Gasteiger partial charge in [-0.15, -0.1) is 0 Å². The molecule has 116 valence electrons. The van der Waals surface area contributed by atoms with Gasteiger partial charge in [-0.1, -0.05) is 0 Å². The quantitative estimate of drug-likeness (QED) is 0.872. The van der Waals surface area contributed by atoms with E-state index in [4.69, 9.17) is 15.2 Å². The highest BCUT2D eigenvalue weighted by Crippen LogP contribution is 2.39. The lowest BCUT2D eigenvalue weighted by molar-refractivity contribution is -0.140. The van der Waals surface area contributed by atoms with Crippen LogP contribution in [0.15, 0.2) is 18.2 Å². The van der Waals surface area contributed by atoms with Crippen molar-refractivity contribution in [2.45, 2.75) is 37.6 Å². The van der Waals surface area contributed by atoms with Crippen LogP contribution in [0.1, 0.15) is 25.3 Å². The Labute approximate surface area is 117 Å². The first kappa shape index (κ1) is 15.4. The van der Waals surface area contributed by atoms with Crippen molar-refractivity contribution in [1.29, 1.82) is 0 Å². The summed E-state index contributed by atoms with van der Waals surface area (Å²) in [6.45, 7) is 1.64. The van der Waals surface area contributed by atoms with Crippen molar-refractivity contribution >= 4 is 6.09 Å². The van der Waals surface area contributed by atoms with Crippen LogP contribution < -0.4 is 10.5 Å². The normalized spacial score (nSPS) is 25.1. The van der Waals surface area contributed by atoms with Gasteiger partial charge in [-0.3, -0.25) is 0 Å². The van der Waals surface area contributed by atoms with E-state index in [2.05, 4.69) is 0 Å². The summed E-state index contributed by atoms with van der Waals surface area (Å²) in [4.78, 5) is 10.7. The number of alkyl halides is 3. The Morgan fingerprint density at radius 3 is 2.52 bits per heavy atom. The zero-order valence-electron chi connectivity index (χ0n) is 11.0. The number of halogens is 4. The summed E-state index contributed by atoms with van der Waals surface area (Å²) in [5.74, 6) is -1.44. The number of benzene rings is 1. The Kier molecular flexibility index (Phi) is 3.73. The predicted octanol–water partition coefficient (Wildman–Crippen LogP) is 3.24. The first-order valence-electron chi connectivity index (χ1n) is 6.11. The van der Waals surface area contributed by atoms with E-state index in [1.807, 2.05) is 0 Å². The molecule has 4 nitrogen and oxygen atoms in total. The third kappa shape index (κ3) is 3.56. The molecular formula is C13H13F4NO3. The number of carbonyl (C=O) groups is 1. The van der Waals surface area contributed by atoms with E-state index in [9.17, 15) is 22.4 Å². The number of amides is 1. The van der Waals surface area contributed by atoms with Crippen molar-refractivity contribution in [2.75, 3.05) is 0 Å². The molecule has 1 amide bonds. The minimum atomic E-state index is -4.79. The molecule has 1 aromatic rings. The van der Waals surface area contributed by atoms with Gasteiger partial charge in [0, 0.05) is 12.8 Å². The molecule has 0 heterocycles. The first-order valence-corrected chi connectivity index (χ1v) is 6.11. The molecule has 0 bridgehead atoms. The van der Waals surface area contributed by atoms with E-state index >= 15 is 0 Å². The minimum absolute atomic E-state index is 0.0881. The number of primary amides is 1. The number of carbonyl (C=O) groups excluding carboxylic acids is 1. The molecule has 1 aliphatic rings. The van der Waals surface area contributed by atoms with Gasteiger partial charge in [0.25, 0.3) is 0 Å². The van der Waals surface area contributed by atoms with Gasteiger partial charge in [-0.05, 0) is 25.1 Å². The van der Waals surface area contributed by atoms with Crippen molar-refractivity contribution in [1.82, 2.24) is 0 Å². The number of hydrogen-bond acceptors (Lipinski definition) is 3. The summed E-state index contributed by atoms with van der Waals surface area (Å²) in [5, 5.41) is 0. The fraction of sp³-hybridized carbons (Fsp3) is 0.462. The third-order valence-corrected chi connectivity index (χ3v) is 3.21. The monoisotopic (exact) mass is 307 g/mol.